The molecule has 2 N–H and O–H groups in total. The fraction of sp³-hybridized carbons (Fsp3) is 0.455. The van der Waals surface area contributed by atoms with Gasteiger partial charge in [-0.25, -0.2) is 8.78 Å². The number of ether oxygens (including phenoxy) is 1. The molecular formula is C11H15F2NO. The molecule has 0 saturated carbocycles. The Hall–Kier alpha value is -1.32. The van der Waals surface area contributed by atoms with Crippen molar-refractivity contribution in [1.82, 2.24) is 0 Å². The normalized spacial score (nSPS) is 11.9. The summed E-state index contributed by atoms with van der Waals surface area (Å²) in [6.45, 7) is 5.41. The van der Waals surface area contributed by atoms with Gasteiger partial charge in [0.15, 0.2) is 0 Å². The molecule has 1 aromatic rings. The Bertz CT molecular complexity index is 345. The first-order valence-electron chi connectivity index (χ1n) is 4.66. The van der Waals surface area contributed by atoms with Crippen LogP contribution in [-0.4, -0.2) is 5.60 Å². The third kappa shape index (κ3) is 3.38. The lowest BCUT2D eigenvalue weighted by Crippen LogP contribution is -2.23. The molecule has 0 unspecified atom stereocenters. The van der Waals surface area contributed by atoms with E-state index in [4.69, 9.17) is 10.5 Å². The maximum atomic E-state index is 12.6. The first-order chi connectivity index (χ1) is 6.79. The summed E-state index contributed by atoms with van der Waals surface area (Å²) in [5.74, 6) is 0.187. The van der Waals surface area contributed by atoms with E-state index in [1.54, 1.807) is 26.8 Å². The lowest BCUT2D eigenvalue weighted by atomic mass is 10.1. The van der Waals surface area contributed by atoms with Gasteiger partial charge in [0.05, 0.1) is 5.56 Å². The zero-order valence-corrected chi connectivity index (χ0v) is 9.05. The molecule has 2 nitrogen and oxygen atoms in total. The Labute approximate surface area is 88.0 Å². The van der Waals surface area contributed by atoms with Gasteiger partial charge in [0.25, 0.3) is 6.43 Å². The molecular weight excluding hydrogens is 200 g/mol. The number of nitrogens with two attached hydrogens (primary N) is 1. The van der Waals surface area contributed by atoms with Crippen LogP contribution in [0.25, 0.3) is 0 Å². The third-order valence-electron chi connectivity index (χ3n) is 1.69. The molecule has 0 radical (unpaired) electrons. The highest BCUT2D eigenvalue weighted by atomic mass is 19.3. The molecule has 15 heavy (non-hydrogen) atoms. The molecule has 0 amide bonds. The van der Waals surface area contributed by atoms with Crippen molar-refractivity contribution in [2.45, 2.75) is 32.8 Å². The third-order valence-corrected chi connectivity index (χ3v) is 1.69. The van der Waals surface area contributed by atoms with E-state index in [1.165, 1.54) is 12.1 Å². The van der Waals surface area contributed by atoms with Gasteiger partial charge >= 0.3 is 0 Å². The van der Waals surface area contributed by atoms with Crippen LogP contribution < -0.4 is 10.5 Å². The van der Waals surface area contributed by atoms with Gasteiger partial charge in [0.1, 0.15) is 11.4 Å². The summed E-state index contributed by atoms with van der Waals surface area (Å²) in [6.07, 6.45) is -2.58. The number of halogens is 2. The van der Waals surface area contributed by atoms with Gasteiger partial charge in [0.2, 0.25) is 0 Å². The van der Waals surface area contributed by atoms with E-state index >= 15 is 0 Å². The molecule has 4 heteroatoms. The molecule has 84 valence electrons. The molecule has 0 aromatic heterocycles. The Morgan fingerprint density at radius 3 is 2.33 bits per heavy atom. The Balaban J connectivity index is 3.06. The van der Waals surface area contributed by atoms with E-state index in [1.807, 2.05) is 0 Å². The second-order valence-electron chi connectivity index (χ2n) is 4.31. The van der Waals surface area contributed by atoms with Crippen LogP contribution in [0.5, 0.6) is 5.75 Å². The van der Waals surface area contributed by atoms with Crippen molar-refractivity contribution in [2.24, 2.45) is 0 Å². The van der Waals surface area contributed by atoms with E-state index in [0.29, 0.717) is 5.69 Å². The molecule has 0 atom stereocenters. The monoisotopic (exact) mass is 215 g/mol. The molecule has 1 rings (SSSR count). The Kier molecular flexibility index (Phi) is 3.17. The van der Waals surface area contributed by atoms with Crippen molar-refractivity contribution in [3.63, 3.8) is 0 Å². The lowest BCUT2D eigenvalue weighted by molar-refractivity contribution is 0.109. The van der Waals surface area contributed by atoms with Crippen LogP contribution in [0, 0.1) is 0 Å². The maximum absolute atomic E-state index is 12.6. The van der Waals surface area contributed by atoms with Crippen LogP contribution in [0.4, 0.5) is 14.5 Å². The largest absolute Gasteiger partial charge is 0.488 e. The summed E-state index contributed by atoms with van der Waals surface area (Å²) in [6, 6.07) is 4.26. The highest BCUT2D eigenvalue weighted by molar-refractivity contribution is 5.48. The Morgan fingerprint density at radius 1 is 1.27 bits per heavy atom. The second-order valence-corrected chi connectivity index (χ2v) is 4.31. The van der Waals surface area contributed by atoms with Crippen molar-refractivity contribution in [3.05, 3.63) is 23.8 Å². The zero-order valence-electron chi connectivity index (χ0n) is 9.05. The summed E-state index contributed by atoms with van der Waals surface area (Å²) >= 11 is 0. The van der Waals surface area contributed by atoms with Crippen LogP contribution in [0.3, 0.4) is 0 Å². The molecule has 0 aliphatic heterocycles. The summed E-state index contributed by atoms with van der Waals surface area (Å²) in [4.78, 5) is 0. The highest BCUT2D eigenvalue weighted by Gasteiger charge is 2.19. The van der Waals surface area contributed by atoms with Crippen molar-refractivity contribution >= 4 is 5.69 Å². The van der Waals surface area contributed by atoms with Crippen molar-refractivity contribution in [3.8, 4) is 5.75 Å². The van der Waals surface area contributed by atoms with Gasteiger partial charge in [0, 0.05) is 5.69 Å². The molecule has 0 aliphatic rings. The number of nitrogen functional groups attached to an aromatic ring is 1. The SMILES string of the molecule is CC(C)(C)Oc1ccc(N)cc1C(F)F. The van der Waals surface area contributed by atoms with E-state index in [0.717, 1.165) is 0 Å². The predicted molar refractivity (Wildman–Crippen MR) is 56.2 cm³/mol. The number of hydrogen-bond acceptors (Lipinski definition) is 2. The van der Waals surface area contributed by atoms with Crippen molar-refractivity contribution in [2.75, 3.05) is 5.73 Å². The number of hydrogen-bond donors (Lipinski definition) is 1. The fourth-order valence-corrected chi connectivity index (χ4v) is 1.16. The standard InChI is InChI=1S/C11H15F2NO/c1-11(2,3)15-9-5-4-7(14)6-8(9)10(12)13/h4-6,10H,14H2,1-3H3. The summed E-state index contributed by atoms with van der Waals surface area (Å²) in [7, 11) is 0. The average Bonchev–Trinajstić information content (AvgIpc) is 2.05. The molecule has 1 aromatic carbocycles. The minimum atomic E-state index is -2.58. The van der Waals surface area contributed by atoms with Crippen LogP contribution in [0.15, 0.2) is 18.2 Å². The molecule has 0 saturated heterocycles. The van der Waals surface area contributed by atoms with Gasteiger partial charge in [-0.1, -0.05) is 0 Å². The molecule has 0 aliphatic carbocycles. The van der Waals surface area contributed by atoms with Crippen molar-refractivity contribution in [1.29, 1.82) is 0 Å². The molecule has 0 spiro atoms. The predicted octanol–water partition coefficient (Wildman–Crippen LogP) is 3.38. The minimum absolute atomic E-state index is 0.162. The topological polar surface area (TPSA) is 35.2 Å². The summed E-state index contributed by atoms with van der Waals surface area (Å²) in [5.41, 5.74) is 5.09. The van der Waals surface area contributed by atoms with Gasteiger partial charge in [-0.15, -0.1) is 0 Å². The summed E-state index contributed by atoms with van der Waals surface area (Å²) in [5, 5.41) is 0. The van der Waals surface area contributed by atoms with Crippen molar-refractivity contribution < 1.29 is 13.5 Å². The summed E-state index contributed by atoms with van der Waals surface area (Å²) < 4.78 is 30.7. The van der Waals surface area contributed by atoms with Crippen LogP contribution >= 0.6 is 0 Å². The average molecular weight is 215 g/mol. The fourth-order valence-electron chi connectivity index (χ4n) is 1.16. The van der Waals surface area contributed by atoms with Crippen LogP contribution in [0.2, 0.25) is 0 Å². The first-order valence-corrected chi connectivity index (χ1v) is 4.66. The lowest BCUT2D eigenvalue weighted by Gasteiger charge is -2.23. The van der Waals surface area contributed by atoms with Gasteiger partial charge in [-0.3, -0.25) is 0 Å². The van der Waals surface area contributed by atoms with Gasteiger partial charge in [-0.05, 0) is 39.0 Å². The maximum Gasteiger partial charge on any atom is 0.267 e. The molecule has 0 fully saturated rings. The smallest absolute Gasteiger partial charge is 0.267 e. The first kappa shape index (κ1) is 11.8. The molecule has 0 heterocycles. The van der Waals surface area contributed by atoms with Gasteiger partial charge in [-0.2, -0.15) is 0 Å². The highest BCUT2D eigenvalue weighted by Crippen LogP contribution is 2.32. The number of benzene rings is 1. The number of anilines is 1. The van der Waals surface area contributed by atoms with E-state index < -0.39 is 12.0 Å². The number of alkyl halides is 2. The second kappa shape index (κ2) is 4.04. The Morgan fingerprint density at radius 2 is 1.87 bits per heavy atom. The van der Waals surface area contributed by atoms with Gasteiger partial charge < -0.3 is 10.5 Å². The zero-order chi connectivity index (χ0) is 11.6. The minimum Gasteiger partial charge on any atom is -0.488 e. The van der Waals surface area contributed by atoms with E-state index in [-0.39, 0.29) is 11.3 Å². The molecule has 0 bridgehead atoms. The van der Waals surface area contributed by atoms with Crippen LogP contribution in [0.1, 0.15) is 32.8 Å². The number of rotatable bonds is 2. The van der Waals surface area contributed by atoms with E-state index in [9.17, 15) is 8.78 Å². The van der Waals surface area contributed by atoms with Crippen LogP contribution in [-0.2, 0) is 0 Å². The van der Waals surface area contributed by atoms with E-state index in [2.05, 4.69) is 0 Å². The quantitative estimate of drug-likeness (QED) is 0.767.